The first-order chi connectivity index (χ1) is 15.6. The van der Waals surface area contributed by atoms with Gasteiger partial charge in [0.1, 0.15) is 17.6 Å². The van der Waals surface area contributed by atoms with Gasteiger partial charge in [-0.2, -0.15) is 0 Å². The molecule has 1 fully saturated rings. The highest BCUT2D eigenvalue weighted by atomic mass is 35.5. The van der Waals surface area contributed by atoms with Crippen LogP contribution in [0.2, 0.25) is 10.0 Å². The van der Waals surface area contributed by atoms with Crippen molar-refractivity contribution in [2.45, 2.75) is 18.6 Å². The molecular weight excluding hydrogens is 463 g/mol. The maximum absolute atomic E-state index is 6.41. The van der Waals surface area contributed by atoms with Gasteiger partial charge in [-0.1, -0.05) is 29.3 Å². The fourth-order valence-corrected chi connectivity index (χ4v) is 4.72. The van der Waals surface area contributed by atoms with Gasteiger partial charge < -0.3 is 14.6 Å². The summed E-state index contributed by atoms with van der Waals surface area (Å²) < 4.78 is 6.33. The predicted octanol–water partition coefficient (Wildman–Crippen LogP) is 6.22. The molecule has 8 heteroatoms. The summed E-state index contributed by atoms with van der Waals surface area (Å²) in [5.41, 5.74) is 2.77. The second-order valence-corrected chi connectivity index (χ2v) is 8.67. The summed E-state index contributed by atoms with van der Waals surface area (Å²) in [5.74, 6) is 1.44. The maximum Gasteiger partial charge on any atom is 0.170 e. The van der Waals surface area contributed by atoms with Crippen molar-refractivity contribution in [3.8, 4) is 11.3 Å². The highest BCUT2D eigenvalue weighted by Gasteiger charge is 2.41. The molecule has 5 rings (SSSR count). The fourth-order valence-electron chi connectivity index (χ4n) is 3.92. The first-order valence-corrected chi connectivity index (χ1v) is 11.2. The largest absolute Gasteiger partial charge is 0.459 e. The minimum Gasteiger partial charge on any atom is -0.459 e. The fraction of sp³-hybridized carbons (Fsp3) is 0.125. The summed E-state index contributed by atoms with van der Waals surface area (Å²) in [6.45, 7) is 0.611. The minimum absolute atomic E-state index is 0.162. The minimum atomic E-state index is -0.189. The van der Waals surface area contributed by atoms with Crippen molar-refractivity contribution in [2.24, 2.45) is 0 Å². The number of hydrogen-bond acceptors (Lipinski definition) is 4. The van der Waals surface area contributed by atoms with Gasteiger partial charge in [0.15, 0.2) is 5.11 Å². The molecule has 1 saturated heterocycles. The Morgan fingerprint density at radius 2 is 1.84 bits per heavy atom. The number of thiocarbonyl (C=S) groups is 1. The number of nitrogens with one attached hydrogen (secondary N) is 1. The van der Waals surface area contributed by atoms with Crippen LogP contribution >= 0.6 is 35.4 Å². The Balaban J connectivity index is 1.55. The number of pyridine rings is 2. The highest BCUT2D eigenvalue weighted by molar-refractivity contribution is 7.80. The molecule has 32 heavy (non-hydrogen) atoms. The highest BCUT2D eigenvalue weighted by Crippen LogP contribution is 2.42. The Kier molecular flexibility index (Phi) is 5.83. The summed E-state index contributed by atoms with van der Waals surface area (Å²) in [7, 11) is 0. The predicted molar refractivity (Wildman–Crippen MR) is 129 cm³/mol. The SMILES string of the molecule is S=C1N[C@H](c2ccccn2)[C@H](c2ccc(-c3ccc(Cl)cc3Cl)o2)N1Cc1ccncc1. The molecule has 0 amide bonds. The second kappa shape index (κ2) is 8.90. The van der Waals surface area contributed by atoms with Crippen LogP contribution in [0.4, 0.5) is 0 Å². The van der Waals surface area contributed by atoms with Gasteiger partial charge in [-0.25, -0.2) is 0 Å². The molecule has 5 nitrogen and oxygen atoms in total. The first kappa shape index (κ1) is 20.9. The number of hydrogen-bond donors (Lipinski definition) is 1. The average Bonchev–Trinajstić information content (AvgIpc) is 3.40. The number of benzene rings is 1. The molecule has 1 aliphatic rings. The zero-order valence-electron chi connectivity index (χ0n) is 16.8. The van der Waals surface area contributed by atoms with Crippen molar-refractivity contribution in [1.82, 2.24) is 20.2 Å². The van der Waals surface area contributed by atoms with E-state index in [-0.39, 0.29) is 12.1 Å². The zero-order chi connectivity index (χ0) is 22.1. The van der Waals surface area contributed by atoms with Gasteiger partial charge in [0.05, 0.1) is 16.8 Å². The monoisotopic (exact) mass is 480 g/mol. The van der Waals surface area contributed by atoms with E-state index in [1.165, 1.54) is 0 Å². The molecule has 4 heterocycles. The van der Waals surface area contributed by atoms with E-state index in [9.17, 15) is 0 Å². The third-order valence-corrected chi connectivity index (χ3v) is 6.32. The van der Waals surface area contributed by atoms with E-state index in [0.29, 0.717) is 27.5 Å². The van der Waals surface area contributed by atoms with Gasteiger partial charge in [-0.3, -0.25) is 9.97 Å². The van der Waals surface area contributed by atoms with Gasteiger partial charge >= 0.3 is 0 Å². The van der Waals surface area contributed by atoms with Crippen LogP contribution in [0, 0.1) is 0 Å². The quantitative estimate of drug-likeness (QED) is 0.342. The third kappa shape index (κ3) is 4.09. The molecule has 3 aromatic heterocycles. The van der Waals surface area contributed by atoms with Crippen molar-refractivity contribution in [3.05, 3.63) is 106 Å². The van der Waals surface area contributed by atoms with Crippen LogP contribution in [0.5, 0.6) is 0 Å². The molecule has 160 valence electrons. The lowest BCUT2D eigenvalue weighted by molar-refractivity contribution is 0.269. The molecule has 4 aromatic rings. The number of nitrogens with zero attached hydrogens (tertiary/aromatic N) is 3. The van der Waals surface area contributed by atoms with Crippen LogP contribution in [-0.4, -0.2) is 20.0 Å². The van der Waals surface area contributed by atoms with Crippen LogP contribution in [0.25, 0.3) is 11.3 Å². The first-order valence-electron chi connectivity index (χ1n) is 10.0. The van der Waals surface area contributed by atoms with Gasteiger partial charge in [0.25, 0.3) is 0 Å². The summed E-state index contributed by atoms with van der Waals surface area (Å²) in [6.07, 6.45) is 5.34. The molecule has 0 radical (unpaired) electrons. The Bertz CT molecular complexity index is 1250. The summed E-state index contributed by atoms with van der Waals surface area (Å²) in [6, 6.07) is 18.7. The molecule has 0 aliphatic carbocycles. The van der Waals surface area contributed by atoms with E-state index in [1.807, 2.05) is 48.5 Å². The lowest BCUT2D eigenvalue weighted by Gasteiger charge is -2.26. The van der Waals surface area contributed by atoms with Gasteiger partial charge in [0, 0.05) is 35.7 Å². The topological polar surface area (TPSA) is 54.2 Å². The van der Waals surface area contributed by atoms with Gasteiger partial charge in [0.2, 0.25) is 0 Å². The van der Waals surface area contributed by atoms with Crippen molar-refractivity contribution < 1.29 is 4.42 Å². The number of halogens is 2. The van der Waals surface area contributed by atoms with Crippen molar-refractivity contribution >= 4 is 40.5 Å². The molecule has 1 aliphatic heterocycles. The van der Waals surface area contributed by atoms with E-state index in [0.717, 1.165) is 22.6 Å². The Morgan fingerprint density at radius 3 is 2.59 bits per heavy atom. The lowest BCUT2D eigenvalue weighted by Crippen LogP contribution is -2.29. The third-order valence-electron chi connectivity index (χ3n) is 5.41. The van der Waals surface area contributed by atoms with Crippen molar-refractivity contribution in [3.63, 3.8) is 0 Å². The molecule has 1 N–H and O–H groups in total. The normalized spacial score (nSPS) is 18.1. The Labute approximate surface area is 201 Å². The molecule has 0 saturated carbocycles. The van der Waals surface area contributed by atoms with Crippen LogP contribution in [0.1, 0.15) is 29.1 Å². The molecule has 1 aromatic carbocycles. The van der Waals surface area contributed by atoms with Crippen LogP contribution in [0.15, 0.2) is 83.7 Å². The van der Waals surface area contributed by atoms with Crippen LogP contribution < -0.4 is 5.32 Å². The smallest absolute Gasteiger partial charge is 0.170 e. The number of aromatic nitrogens is 2. The van der Waals surface area contributed by atoms with E-state index in [4.69, 9.17) is 39.8 Å². The summed E-state index contributed by atoms with van der Waals surface area (Å²) in [4.78, 5) is 10.8. The zero-order valence-corrected chi connectivity index (χ0v) is 19.1. The van der Waals surface area contributed by atoms with E-state index < -0.39 is 0 Å². The molecular formula is C24H18Cl2N4OS. The molecule has 2 atom stereocenters. The summed E-state index contributed by atoms with van der Waals surface area (Å²) >= 11 is 18.2. The second-order valence-electron chi connectivity index (χ2n) is 7.44. The van der Waals surface area contributed by atoms with E-state index in [2.05, 4.69) is 20.2 Å². The van der Waals surface area contributed by atoms with Crippen molar-refractivity contribution in [1.29, 1.82) is 0 Å². The Morgan fingerprint density at radius 1 is 1.00 bits per heavy atom. The average molecular weight is 481 g/mol. The summed E-state index contributed by atoms with van der Waals surface area (Å²) in [5, 5.41) is 5.19. The molecule has 0 bridgehead atoms. The molecule has 0 unspecified atom stereocenters. The van der Waals surface area contributed by atoms with Crippen molar-refractivity contribution in [2.75, 3.05) is 0 Å². The lowest BCUT2D eigenvalue weighted by atomic mass is 10.0. The van der Waals surface area contributed by atoms with E-state index in [1.54, 1.807) is 30.7 Å². The van der Waals surface area contributed by atoms with Gasteiger partial charge in [-0.05, 0) is 72.4 Å². The standard InChI is InChI=1S/C24H18Cl2N4OS/c25-16-4-5-17(18(26)13-16)20-6-7-21(31-20)23-22(19-3-1-2-10-28-19)29-24(32)30(23)14-15-8-11-27-12-9-15/h1-13,22-23H,14H2,(H,29,32)/t22-,23+/m1/s1. The van der Waals surface area contributed by atoms with Crippen LogP contribution in [0.3, 0.4) is 0 Å². The number of rotatable bonds is 5. The molecule has 0 spiro atoms. The van der Waals surface area contributed by atoms with E-state index >= 15 is 0 Å². The maximum atomic E-state index is 6.41. The van der Waals surface area contributed by atoms with Crippen LogP contribution in [-0.2, 0) is 6.54 Å². The number of furan rings is 1. The Hall–Kier alpha value is -2.93. The van der Waals surface area contributed by atoms with Gasteiger partial charge in [-0.15, -0.1) is 0 Å².